The van der Waals surface area contributed by atoms with E-state index in [0.29, 0.717) is 37.8 Å². The first-order valence-electron chi connectivity index (χ1n) is 9.10. The van der Waals surface area contributed by atoms with E-state index >= 15 is 0 Å². The van der Waals surface area contributed by atoms with Crippen LogP contribution in [-0.4, -0.2) is 67.0 Å². The summed E-state index contributed by atoms with van der Waals surface area (Å²) in [7, 11) is -3.42. The van der Waals surface area contributed by atoms with E-state index in [4.69, 9.17) is 5.11 Å². The summed E-state index contributed by atoms with van der Waals surface area (Å²) in [5, 5.41) is 9.07. The van der Waals surface area contributed by atoms with Crippen LogP contribution in [-0.2, 0) is 15.0 Å². The lowest BCUT2D eigenvalue weighted by Gasteiger charge is -2.43. The molecule has 0 aliphatic heterocycles. The highest BCUT2D eigenvalue weighted by Gasteiger charge is 2.40. The molecule has 7 nitrogen and oxygen atoms in total. The maximum atomic E-state index is 12.5. The van der Waals surface area contributed by atoms with Gasteiger partial charge in [-0.05, 0) is 50.4 Å². The van der Waals surface area contributed by atoms with Crippen LogP contribution in [0, 0.1) is 11.8 Å². The molecule has 3 aliphatic carbocycles. The SMILES string of the molecule is CCN(CC1CC1)S(=O)(=O)NC1CC(N(CC(=O)O)CC2CC2)C1. The first-order valence-corrected chi connectivity index (χ1v) is 10.5. The zero-order chi connectivity index (χ0) is 17.3. The molecule has 3 saturated carbocycles. The molecule has 0 spiro atoms. The Kier molecular flexibility index (Phi) is 5.48. The molecule has 0 saturated heterocycles. The molecule has 0 aromatic rings. The smallest absolute Gasteiger partial charge is 0.317 e. The van der Waals surface area contributed by atoms with Crippen molar-refractivity contribution in [3.05, 3.63) is 0 Å². The van der Waals surface area contributed by atoms with Crippen LogP contribution in [0.2, 0.25) is 0 Å². The Labute approximate surface area is 144 Å². The van der Waals surface area contributed by atoms with Crippen LogP contribution in [0.3, 0.4) is 0 Å². The zero-order valence-electron chi connectivity index (χ0n) is 14.4. The summed E-state index contributed by atoms with van der Waals surface area (Å²) in [6.45, 7) is 3.88. The van der Waals surface area contributed by atoms with Gasteiger partial charge in [-0.25, -0.2) is 0 Å². The standard InChI is InChI=1S/C16H29N3O4S/c1-2-19(10-13-5-6-13)24(22,23)17-14-7-15(8-14)18(11-16(20)21)9-12-3-4-12/h12-15,17H,2-11H2,1H3,(H,20,21). The van der Waals surface area contributed by atoms with E-state index in [-0.39, 0.29) is 18.6 Å². The molecule has 0 amide bonds. The number of hydrogen-bond donors (Lipinski definition) is 2. The van der Waals surface area contributed by atoms with Crippen molar-refractivity contribution in [2.24, 2.45) is 11.8 Å². The second-order valence-electron chi connectivity index (χ2n) is 7.61. The van der Waals surface area contributed by atoms with Gasteiger partial charge in [-0.3, -0.25) is 9.69 Å². The normalized spacial score (nSPS) is 27.5. The summed E-state index contributed by atoms with van der Waals surface area (Å²) < 4.78 is 29.3. The Morgan fingerprint density at radius 1 is 1.12 bits per heavy atom. The average Bonchev–Trinajstić information content (AvgIpc) is 3.33. The van der Waals surface area contributed by atoms with Crippen molar-refractivity contribution in [3.63, 3.8) is 0 Å². The van der Waals surface area contributed by atoms with Crippen molar-refractivity contribution in [1.29, 1.82) is 0 Å². The minimum Gasteiger partial charge on any atom is -0.480 e. The van der Waals surface area contributed by atoms with Gasteiger partial charge in [0.2, 0.25) is 0 Å². The fourth-order valence-corrected chi connectivity index (χ4v) is 4.91. The average molecular weight is 359 g/mol. The first kappa shape index (κ1) is 18.1. The molecule has 0 aromatic heterocycles. The van der Waals surface area contributed by atoms with Crippen LogP contribution >= 0.6 is 0 Å². The molecule has 0 radical (unpaired) electrons. The summed E-state index contributed by atoms with van der Waals surface area (Å²) in [5.41, 5.74) is 0. The summed E-state index contributed by atoms with van der Waals surface area (Å²) in [6, 6.07) is 0.122. The predicted octanol–water partition coefficient (Wildman–Crippen LogP) is 0.880. The summed E-state index contributed by atoms with van der Waals surface area (Å²) in [5.74, 6) is 0.357. The molecular formula is C16H29N3O4S. The van der Waals surface area contributed by atoms with Crippen molar-refractivity contribution in [2.75, 3.05) is 26.2 Å². The van der Waals surface area contributed by atoms with Crippen LogP contribution in [0.1, 0.15) is 45.4 Å². The number of rotatable bonds is 11. The minimum absolute atomic E-state index is 0.0589. The maximum absolute atomic E-state index is 12.5. The Bertz CT molecular complexity index is 554. The lowest BCUT2D eigenvalue weighted by Crippen LogP contribution is -2.57. The zero-order valence-corrected chi connectivity index (χ0v) is 15.2. The van der Waals surface area contributed by atoms with E-state index in [0.717, 1.165) is 19.4 Å². The Balaban J connectivity index is 1.48. The molecule has 3 rings (SSSR count). The van der Waals surface area contributed by atoms with Crippen molar-refractivity contribution in [2.45, 2.75) is 57.5 Å². The van der Waals surface area contributed by atoms with Crippen molar-refractivity contribution in [3.8, 4) is 0 Å². The van der Waals surface area contributed by atoms with Gasteiger partial charge < -0.3 is 5.11 Å². The summed E-state index contributed by atoms with van der Waals surface area (Å²) in [6.07, 6.45) is 6.04. The molecule has 0 aromatic carbocycles. The van der Waals surface area contributed by atoms with Gasteiger partial charge in [0.1, 0.15) is 0 Å². The lowest BCUT2D eigenvalue weighted by molar-refractivity contribution is -0.139. The van der Waals surface area contributed by atoms with Gasteiger partial charge in [0.05, 0.1) is 6.54 Å². The molecule has 0 bridgehead atoms. The topological polar surface area (TPSA) is 90.0 Å². The molecule has 24 heavy (non-hydrogen) atoms. The highest BCUT2D eigenvalue weighted by atomic mass is 32.2. The summed E-state index contributed by atoms with van der Waals surface area (Å²) in [4.78, 5) is 13.1. The highest BCUT2D eigenvalue weighted by Crippen LogP contribution is 2.34. The molecule has 138 valence electrons. The van der Waals surface area contributed by atoms with Crippen LogP contribution in [0.4, 0.5) is 0 Å². The number of carboxylic acid groups (broad SMARTS) is 1. The predicted molar refractivity (Wildman–Crippen MR) is 90.8 cm³/mol. The monoisotopic (exact) mass is 359 g/mol. The van der Waals surface area contributed by atoms with Crippen molar-refractivity contribution < 1.29 is 18.3 Å². The summed E-state index contributed by atoms with van der Waals surface area (Å²) >= 11 is 0. The fourth-order valence-electron chi connectivity index (χ4n) is 3.40. The van der Waals surface area contributed by atoms with E-state index < -0.39 is 16.2 Å². The van der Waals surface area contributed by atoms with Crippen molar-refractivity contribution >= 4 is 16.2 Å². The number of carbonyl (C=O) groups is 1. The molecule has 3 fully saturated rings. The number of nitrogens with zero attached hydrogens (tertiary/aromatic N) is 2. The second kappa shape index (κ2) is 7.27. The van der Waals surface area contributed by atoms with Gasteiger partial charge in [-0.2, -0.15) is 17.4 Å². The third-order valence-electron chi connectivity index (χ3n) is 5.32. The number of aliphatic carboxylic acids is 1. The molecular weight excluding hydrogens is 330 g/mol. The van der Waals surface area contributed by atoms with E-state index in [1.54, 1.807) is 0 Å². The maximum Gasteiger partial charge on any atom is 0.317 e. The Morgan fingerprint density at radius 3 is 2.21 bits per heavy atom. The van der Waals surface area contributed by atoms with Gasteiger partial charge in [-0.1, -0.05) is 6.92 Å². The molecule has 0 heterocycles. The van der Waals surface area contributed by atoms with Crippen LogP contribution in [0.25, 0.3) is 0 Å². The Hall–Kier alpha value is -0.700. The van der Waals surface area contributed by atoms with E-state index in [1.807, 2.05) is 11.8 Å². The first-order chi connectivity index (χ1) is 11.4. The number of hydrogen-bond acceptors (Lipinski definition) is 4. The van der Waals surface area contributed by atoms with Crippen LogP contribution in [0.5, 0.6) is 0 Å². The lowest BCUT2D eigenvalue weighted by atomic mass is 9.86. The molecule has 3 aliphatic rings. The van der Waals surface area contributed by atoms with E-state index in [1.165, 1.54) is 17.1 Å². The molecule has 0 unspecified atom stereocenters. The third-order valence-corrected chi connectivity index (χ3v) is 7.04. The quantitative estimate of drug-likeness (QED) is 0.572. The van der Waals surface area contributed by atoms with Gasteiger partial charge in [0.15, 0.2) is 0 Å². The Morgan fingerprint density at radius 2 is 1.71 bits per heavy atom. The van der Waals surface area contributed by atoms with Gasteiger partial charge in [-0.15, -0.1) is 0 Å². The van der Waals surface area contributed by atoms with Crippen LogP contribution < -0.4 is 4.72 Å². The molecule has 8 heteroatoms. The van der Waals surface area contributed by atoms with Gasteiger partial charge in [0, 0.05) is 31.7 Å². The van der Waals surface area contributed by atoms with Gasteiger partial charge in [0.25, 0.3) is 10.2 Å². The van der Waals surface area contributed by atoms with E-state index in [2.05, 4.69) is 4.72 Å². The third kappa shape index (κ3) is 4.91. The van der Waals surface area contributed by atoms with E-state index in [9.17, 15) is 13.2 Å². The van der Waals surface area contributed by atoms with Crippen LogP contribution in [0.15, 0.2) is 0 Å². The molecule has 2 N–H and O–H groups in total. The molecule has 0 atom stereocenters. The highest BCUT2D eigenvalue weighted by molar-refractivity contribution is 7.87. The largest absolute Gasteiger partial charge is 0.480 e. The van der Waals surface area contributed by atoms with Crippen molar-refractivity contribution in [1.82, 2.24) is 13.9 Å². The second-order valence-corrected chi connectivity index (χ2v) is 9.31. The minimum atomic E-state index is -3.42. The van der Waals surface area contributed by atoms with Gasteiger partial charge >= 0.3 is 5.97 Å². The fraction of sp³-hybridized carbons (Fsp3) is 0.938. The number of carboxylic acids is 1. The number of nitrogens with one attached hydrogen (secondary N) is 1.